The summed E-state index contributed by atoms with van der Waals surface area (Å²) in [6.07, 6.45) is 0.792. The molecule has 0 aliphatic carbocycles. The third-order valence-corrected chi connectivity index (χ3v) is 3.89. The third kappa shape index (κ3) is 2.72. The number of ether oxygens (including phenoxy) is 2. The largest absolute Gasteiger partial charge is 0.464 e. The van der Waals surface area contributed by atoms with E-state index in [0.29, 0.717) is 0 Å². The highest BCUT2D eigenvalue weighted by atomic mass is 32.2. The third-order valence-electron chi connectivity index (χ3n) is 2.07. The highest BCUT2D eigenvalue weighted by Gasteiger charge is 2.53. The highest BCUT2D eigenvalue weighted by molar-refractivity contribution is 7.93. The normalized spacial score (nSPS) is 12.0. The molecule has 0 aliphatic rings. The molecule has 0 amide bonds. The fourth-order valence-electron chi connectivity index (χ4n) is 0.924. The van der Waals surface area contributed by atoms with Gasteiger partial charge >= 0.3 is 11.9 Å². The Morgan fingerprint density at radius 3 is 1.56 bits per heavy atom. The van der Waals surface area contributed by atoms with E-state index in [9.17, 15) is 18.0 Å². The molecule has 0 rings (SSSR count). The molecular weight excluding hydrogens is 236 g/mol. The zero-order valence-electron chi connectivity index (χ0n) is 9.77. The fourth-order valence-corrected chi connectivity index (χ4v) is 1.65. The lowest BCUT2D eigenvalue weighted by Gasteiger charge is -2.22. The summed E-state index contributed by atoms with van der Waals surface area (Å²) in [6.45, 7) is 4.00. The number of hydrogen-bond donors (Lipinski definition) is 0. The summed E-state index contributed by atoms with van der Waals surface area (Å²) in [7, 11) is -3.96. The summed E-state index contributed by atoms with van der Waals surface area (Å²) < 4.78 is 29.8. The van der Waals surface area contributed by atoms with Crippen LogP contribution in [0.5, 0.6) is 0 Å². The average molecular weight is 252 g/mol. The lowest BCUT2D eigenvalue weighted by molar-refractivity contribution is -0.158. The van der Waals surface area contributed by atoms with E-state index in [0.717, 1.165) is 13.2 Å². The first-order valence-electron chi connectivity index (χ1n) is 4.75. The summed E-state index contributed by atoms with van der Waals surface area (Å²) in [5, 5.41) is 0. The van der Waals surface area contributed by atoms with Crippen molar-refractivity contribution in [2.24, 2.45) is 0 Å². The molecule has 0 fully saturated rings. The Balaban J connectivity index is 5.38. The van der Waals surface area contributed by atoms with Crippen molar-refractivity contribution in [2.75, 3.05) is 19.5 Å². The summed E-state index contributed by atoms with van der Waals surface area (Å²) in [5.74, 6) is -2.23. The molecule has 16 heavy (non-hydrogen) atoms. The van der Waals surface area contributed by atoms with E-state index in [-0.39, 0.29) is 13.2 Å². The molecule has 0 atom stereocenters. The minimum atomic E-state index is -3.96. The van der Waals surface area contributed by atoms with Crippen LogP contribution in [0.4, 0.5) is 0 Å². The Bertz CT molecular complexity index is 351. The van der Waals surface area contributed by atoms with Crippen LogP contribution in [0.2, 0.25) is 0 Å². The van der Waals surface area contributed by atoms with Crippen molar-refractivity contribution in [1.29, 1.82) is 0 Å². The predicted molar refractivity (Wildman–Crippen MR) is 56.5 cm³/mol. The molecule has 0 aromatic carbocycles. The molecule has 0 saturated carbocycles. The van der Waals surface area contributed by atoms with Crippen molar-refractivity contribution in [3.8, 4) is 0 Å². The van der Waals surface area contributed by atoms with Crippen LogP contribution in [0.1, 0.15) is 20.8 Å². The lowest BCUT2D eigenvalue weighted by Crippen LogP contribution is -2.52. The number of carbonyl (C=O) groups is 2. The van der Waals surface area contributed by atoms with Gasteiger partial charge in [0.05, 0.1) is 13.2 Å². The Morgan fingerprint density at radius 1 is 1.06 bits per heavy atom. The fraction of sp³-hybridized carbons (Fsp3) is 0.778. The average Bonchev–Trinajstić information content (AvgIpc) is 2.15. The van der Waals surface area contributed by atoms with Crippen LogP contribution in [0.3, 0.4) is 0 Å². The molecule has 0 saturated heterocycles. The molecule has 94 valence electrons. The van der Waals surface area contributed by atoms with Gasteiger partial charge in [-0.05, 0) is 20.8 Å². The molecule has 0 aromatic heterocycles. The maximum Gasteiger partial charge on any atom is 0.338 e. The summed E-state index contributed by atoms with van der Waals surface area (Å²) in [5.41, 5.74) is 0. The van der Waals surface area contributed by atoms with E-state index < -0.39 is 26.5 Å². The molecule has 0 bridgehead atoms. The SMILES string of the molecule is CCOC(=O)C(C)(C(=O)OCC)S(C)(=O)=O. The van der Waals surface area contributed by atoms with E-state index in [1.54, 1.807) is 0 Å². The van der Waals surface area contributed by atoms with Crippen molar-refractivity contribution < 1.29 is 27.5 Å². The highest BCUT2D eigenvalue weighted by Crippen LogP contribution is 2.20. The van der Waals surface area contributed by atoms with Crippen LogP contribution in [-0.4, -0.2) is 44.6 Å². The number of carbonyl (C=O) groups excluding carboxylic acids is 2. The molecule has 0 aliphatic heterocycles. The maximum atomic E-state index is 11.5. The molecule has 0 unspecified atom stereocenters. The number of hydrogen-bond acceptors (Lipinski definition) is 6. The van der Waals surface area contributed by atoms with Crippen LogP contribution in [0, 0.1) is 0 Å². The van der Waals surface area contributed by atoms with E-state index in [4.69, 9.17) is 0 Å². The van der Waals surface area contributed by atoms with Gasteiger partial charge in [0.25, 0.3) is 4.75 Å². The maximum absolute atomic E-state index is 11.5. The van der Waals surface area contributed by atoms with Gasteiger partial charge in [-0.25, -0.2) is 18.0 Å². The second-order valence-corrected chi connectivity index (χ2v) is 5.61. The van der Waals surface area contributed by atoms with Gasteiger partial charge < -0.3 is 9.47 Å². The van der Waals surface area contributed by atoms with Gasteiger partial charge in [-0.3, -0.25) is 0 Å². The molecule has 7 heteroatoms. The van der Waals surface area contributed by atoms with Crippen molar-refractivity contribution in [2.45, 2.75) is 25.5 Å². The van der Waals surface area contributed by atoms with Gasteiger partial charge in [0, 0.05) is 6.26 Å². The topological polar surface area (TPSA) is 86.7 Å². The monoisotopic (exact) mass is 252 g/mol. The van der Waals surface area contributed by atoms with Gasteiger partial charge in [-0.2, -0.15) is 0 Å². The van der Waals surface area contributed by atoms with Crippen molar-refractivity contribution in [1.82, 2.24) is 0 Å². The number of esters is 2. The van der Waals surface area contributed by atoms with E-state index in [2.05, 4.69) is 9.47 Å². The molecule has 0 spiro atoms. The van der Waals surface area contributed by atoms with E-state index in [1.807, 2.05) is 0 Å². The minimum absolute atomic E-state index is 0.0106. The lowest BCUT2D eigenvalue weighted by atomic mass is 10.2. The van der Waals surface area contributed by atoms with Gasteiger partial charge in [0.1, 0.15) is 0 Å². The molecule has 0 radical (unpaired) electrons. The standard InChI is InChI=1S/C9H16O6S/c1-5-14-7(10)9(3,16(4,12)13)8(11)15-6-2/h5-6H2,1-4H3. The van der Waals surface area contributed by atoms with Crippen LogP contribution in [0.15, 0.2) is 0 Å². The Labute approximate surface area is 94.8 Å². The zero-order valence-corrected chi connectivity index (χ0v) is 10.6. The first-order chi connectivity index (χ1) is 7.21. The Kier molecular flexibility index (Phi) is 4.92. The summed E-state index contributed by atoms with van der Waals surface area (Å²) >= 11 is 0. The van der Waals surface area contributed by atoms with Gasteiger partial charge in [-0.15, -0.1) is 0 Å². The van der Waals surface area contributed by atoms with Crippen molar-refractivity contribution in [3.05, 3.63) is 0 Å². The molecule has 6 nitrogen and oxygen atoms in total. The van der Waals surface area contributed by atoms with Gasteiger partial charge in [0.2, 0.25) is 0 Å². The summed E-state index contributed by atoms with van der Waals surface area (Å²) in [4.78, 5) is 23.1. The van der Waals surface area contributed by atoms with Gasteiger partial charge in [0.15, 0.2) is 9.84 Å². The predicted octanol–water partition coefficient (Wildman–Crippen LogP) is -0.0841. The molecule has 0 N–H and O–H groups in total. The van der Waals surface area contributed by atoms with Crippen LogP contribution < -0.4 is 0 Å². The number of sulfone groups is 1. The molecular formula is C9H16O6S. The second kappa shape index (κ2) is 5.29. The zero-order chi connectivity index (χ0) is 13.0. The first-order valence-corrected chi connectivity index (χ1v) is 6.65. The first kappa shape index (κ1) is 14.9. The summed E-state index contributed by atoms with van der Waals surface area (Å²) in [6, 6.07) is 0. The Hall–Kier alpha value is -1.11. The van der Waals surface area contributed by atoms with Crippen LogP contribution >= 0.6 is 0 Å². The smallest absolute Gasteiger partial charge is 0.338 e. The Morgan fingerprint density at radius 2 is 1.38 bits per heavy atom. The molecule has 0 heterocycles. The van der Waals surface area contributed by atoms with Crippen molar-refractivity contribution in [3.63, 3.8) is 0 Å². The second-order valence-electron chi connectivity index (χ2n) is 3.25. The van der Waals surface area contributed by atoms with E-state index in [1.165, 1.54) is 13.8 Å². The molecule has 0 aromatic rings. The quantitative estimate of drug-likeness (QED) is 0.502. The van der Waals surface area contributed by atoms with Crippen LogP contribution in [-0.2, 0) is 28.9 Å². The number of rotatable bonds is 5. The van der Waals surface area contributed by atoms with Crippen molar-refractivity contribution >= 4 is 21.8 Å². The minimum Gasteiger partial charge on any atom is -0.464 e. The van der Waals surface area contributed by atoms with Crippen LogP contribution in [0.25, 0.3) is 0 Å². The van der Waals surface area contributed by atoms with Gasteiger partial charge in [-0.1, -0.05) is 0 Å². The van der Waals surface area contributed by atoms with E-state index >= 15 is 0 Å².